The van der Waals surface area contributed by atoms with Gasteiger partial charge in [0.15, 0.2) is 0 Å². The van der Waals surface area contributed by atoms with Crippen LogP contribution in [-0.2, 0) is 0 Å². The fraction of sp³-hybridized carbons (Fsp3) is 0.500. The molecule has 1 aliphatic heterocycles. The van der Waals surface area contributed by atoms with Gasteiger partial charge in [0.1, 0.15) is 5.69 Å². The molecule has 0 aliphatic carbocycles. The van der Waals surface area contributed by atoms with Gasteiger partial charge in [0.2, 0.25) is 0 Å². The molecule has 0 radical (unpaired) electrons. The molecule has 2 heterocycles. The van der Waals surface area contributed by atoms with E-state index >= 15 is 0 Å². The van der Waals surface area contributed by atoms with Gasteiger partial charge in [-0.2, -0.15) is 11.8 Å². The highest BCUT2D eigenvalue weighted by Gasteiger charge is 2.16. The lowest BCUT2D eigenvalue weighted by Crippen LogP contribution is -2.29. The molecule has 0 saturated carbocycles. The lowest BCUT2D eigenvalue weighted by molar-refractivity contribution is 0.0944. The summed E-state index contributed by atoms with van der Waals surface area (Å²) in [6.07, 6.45) is 2.99. The van der Waals surface area contributed by atoms with Crippen LogP contribution in [0.1, 0.15) is 16.9 Å². The van der Waals surface area contributed by atoms with Gasteiger partial charge in [-0.15, -0.1) is 0 Å². The minimum atomic E-state index is -0.0161. The molecule has 1 aliphatic rings. The number of aromatic amines is 1. The lowest BCUT2D eigenvalue weighted by Gasteiger charge is -2.08. The molecule has 0 bridgehead atoms. The van der Waals surface area contributed by atoms with Gasteiger partial charge in [-0.1, -0.05) is 0 Å². The molecule has 1 aromatic heterocycles. The van der Waals surface area contributed by atoms with E-state index in [-0.39, 0.29) is 5.91 Å². The molecule has 1 fully saturated rings. The summed E-state index contributed by atoms with van der Waals surface area (Å²) in [6, 6.07) is 1.79. The van der Waals surface area contributed by atoms with Gasteiger partial charge in [-0.3, -0.25) is 4.79 Å². The van der Waals surface area contributed by atoms with Crippen molar-refractivity contribution in [3.8, 4) is 0 Å². The van der Waals surface area contributed by atoms with E-state index in [1.54, 1.807) is 12.3 Å². The van der Waals surface area contributed by atoms with Crippen molar-refractivity contribution in [1.29, 1.82) is 0 Å². The second-order valence-electron chi connectivity index (χ2n) is 3.67. The van der Waals surface area contributed by atoms with Gasteiger partial charge >= 0.3 is 0 Å². The van der Waals surface area contributed by atoms with E-state index in [9.17, 15) is 4.79 Å². The normalized spacial score (nSPS) is 20.5. The maximum atomic E-state index is 11.6. The van der Waals surface area contributed by atoms with Crippen LogP contribution in [0, 0.1) is 5.92 Å². The molecule has 1 unspecified atom stereocenters. The highest BCUT2D eigenvalue weighted by molar-refractivity contribution is 9.10. The predicted octanol–water partition coefficient (Wildman–Crippen LogP) is 2.26. The summed E-state index contributed by atoms with van der Waals surface area (Å²) in [5.41, 5.74) is 0.618. The zero-order chi connectivity index (χ0) is 10.7. The topological polar surface area (TPSA) is 44.9 Å². The number of nitrogens with one attached hydrogen (secondary N) is 2. The first-order valence-electron chi connectivity index (χ1n) is 4.95. The Bertz CT molecular complexity index is 347. The van der Waals surface area contributed by atoms with Gasteiger partial charge < -0.3 is 10.3 Å². The van der Waals surface area contributed by atoms with E-state index < -0.39 is 0 Å². The molecule has 0 spiro atoms. The number of amides is 1. The van der Waals surface area contributed by atoms with Crippen molar-refractivity contribution in [2.24, 2.45) is 5.92 Å². The SMILES string of the molecule is O=C(NCC1CCSC1)c1cc(Br)c[nH]1. The Morgan fingerprint density at radius 2 is 2.60 bits per heavy atom. The standard InChI is InChI=1S/C10H13BrN2OS/c11-8-3-9(12-5-8)10(14)13-4-7-1-2-15-6-7/h3,5,7,12H,1-2,4,6H2,(H,13,14). The molecule has 5 heteroatoms. The van der Waals surface area contributed by atoms with E-state index in [2.05, 4.69) is 26.2 Å². The molecule has 1 atom stereocenters. The average Bonchev–Trinajstić information content (AvgIpc) is 2.84. The second-order valence-corrected chi connectivity index (χ2v) is 5.74. The third kappa shape index (κ3) is 3.01. The molecule has 15 heavy (non-hydrogen) atoms. The number of aromatic nitrogens is 1. The van der Waals surface area contributed by atoms with Crippen LogP contribution >= 0.6 is 27.7 Å². The molecule has 2 rings (SSSR count). The summed E-state index contributed by atoms with van der Waals surface area (Å²) < 4.78 is 0.907. The van der Waals surface area contributed by atoms with E-state index in [4.69, 9.17) is 0 Å². The number of thioether (sulfide) groups is 1. The Kier molecular flexibility index (Phi) is 3.75. The van der Waals surface area contributed by atoms with Crippen LogP contribution in [-0.4, -0.2) is 28.9 Å². The van der Waals surface area contributed by atoms with Crippen LogP contribution in [0.5, 0.6) is 0 Å². The van der Waals surface area contributed by atoms with Crippen molar-refractivity contribution in [2.75, 3.05) is 18.1 Å². The van der Waals surface area contributed by atoms with Gasteiger partial charge in [-0.05, 0) is 45.8 Å². The number of rotatable bonds is 3. The number of hydrogen-bond acceptors (Lipinski definition) is 2. The van der Waals surface area contributed by atoms with Crippen molar-refractivity contribution in [3.05, 3.63) is 22.4 Å². The largest absolute Gasteiger partial charge is 0.356 e. The van der Waals surface area contributed by atoms with Crippen LogP contribution in [0.2, 0.25) is 0 Å². The predicted molar refractivity (Wildman–Crippen MR) is 66.3 cm³/mol. The molecule has 1 aromatic rings. The number of carbonyl (C=O) groups excluding carboxylic acids is 1. The van der Waals surface area contributed by atoms with E-state index in [0.29, 0.717) is 11.6 Å². The highest BCUT2D eigenvalue weighted by Crippen LogP contribution is 2.22. The Morgan fingerprint density at radius 1 is 1.73 bits per heavy atom. The summed E-state index contributed by atoms with van der Waals surface area (Å²) >= 11 is 5.27. The summed E-state index contributed by atoms with van der Waals surface area (Å²) in [7, 11) is 0. The number of H-pyrrole nitrogens is 1. The molecular weight excluding hydrogens is 276 g/mol. The van der Waals surface area contributed by atoms with Crippen LogP contribution in [0.4, 0.5) is 0 Å². The Morgan fingerprint density at radius 3 is 3.20 bits per heavy atom. The Labute approximate surface area is 102 Å². The van der Waals surface area contributed by atoms with Gasteiger partial charge in [-0.25, -0.2) is 0 Å². The Balaban J connectivity index is 1.81. The number of halogens is 1. The zero-order valence-electron chi connectivity index (χ0n) is 8.25. The molecule has 82 valence electrons. The quantitative estimate of drug-likeness (QED) is 0.896. The van der Waals surface area contributed by atoms with Crippen molar-refractivity contribution in [3.63, 3.8) is 0 Å². The molecule has 3 nitrogen and oxygen atoms in total. The van der Waals surface area contributed by atoms with E-state index in [0.717, 1.165) is 11.0 Å². The molecule has 0 aromatic carbocycles. The van der Waals surface area contributed by atoms with Crippen molar-refractivity contribution < 1.29 is 4.79 Å². The van der Waals surface area contributed by atoms with E-state index in [1.165, 1.54) is 17.9 Å². The maximum Gasteiger partial charge on any atom is 0.267 e. The van der Waals surface area contributed by atoms with E-state index in [1.807, 2.05) is 11.8 Å². The average molecular weight is 289 g/mol. The minimum Gasteiger partial charge on any atom is -0.356 e. The van der Waals surface area contributed by atoms with Crippen LogP contribution in [0.3, 0.4) is 0 Å². The summed E-state index contributed by atoms with van der Waals surface area (Å²) in [5, 5.41) is 2.95. The maximum absolute atomic E-state index is 11.6. The Hall–Kier alpha value is -0.420. The number of carbonyl (C=O) groups is 1. The third-order valence-corrected chi connectivity index (χ3v) is 4.16. The minimum absolute atomic E-state index is 0.0161. The monoisotopic (exact) mass is 288 g/mol. The fourth-order valence-electron chi connectivity index (χ4n) is 1.58. The van der Waals surface area contributed by atoms with Gasteiger partial charge in [0.05, 0.1) is 0 Å². The first-order chi connectivity index (χ1) is 7.25. The lowest BCUT2D eigenvalue weighted by atomic mass is 10.1. The third-order valence-electron chi connectivity index (χ3n) is 2.47. The van der Waals surface area contributed by atoms with Crippen molar-refractivity contribution >= 4 is 33.6 Å². The first-order valence-corrected chi connectivity index (χ1v) is 6.90. The number of hydrogen-bond donors (Lipinski definition) is 2. The van der Waals surface area contributed by atoms with Crippen LogP contribution in [0.25, 0.3) is 0 Å². The molecule has 2 N–H and O–H groups in total. The zero-order valence-corrected chi connectivity index (χ0v) is 10.7. The fourth-order valence-corrected chi connectivity index (χ4v) is 3.20. The molecule has 1 amide bonds. The summed E-state index contributed by atoms with van der Waals surface area (Å²) in [6.45, 7) is 0.794. The van der Waals surface area contributed by atoms with Crippen LogP contribution in [0.15, 0.2) is 16.7 Å². The first kappa shape index (κ1) is 11.1. The highest BCUT2D eigenvalue weighted by atomic mass is 79.9. The van der Waals surface area contributed by atoms with Gasteiger partial charge in [0.25, 0.3) is 5.91 Å². The summed E-state index contributed by atoms with van der Waals surface area (Å²) in [4.78, 5) is 14.6. The smallest absolute Gasteiger partial charge is 0.267 e. The molecular formula is C10H13BrN2OS. The van der Waals surface area contributed by atoms with Crippen molar-refractivity contribution in [1.82, 2.24) is 10.3 Å². The van der Waals surface area contributed by atoms with Gasteiger partial charge in [0, 0.05) is 17.2 Å². The second kappa shape index (κ2) is 5.07. The summed E-state index contributed by atoms with van der Waals surface area (Å²) in [5.74, 6) is 3.04. The van der Waals surface area contributed by atoms with Crippen molar-refractivity contribution in [2.45, 2.75) is 6.42 Å². The van der Waals surface area contributed by atoms with Crippen LogP contribution < -0.4 is 5.32 Å². The molecule has 1 saturated heterocycles.